The van der Waals surface area contributed by atoms with E-state index in [-0.39, 0.29) is 18.4 Å². The van der Waals surface area contributed by atoms with Gasteiger partial charge in [0.1, 0.15) is 0 Å². The Morgan fingerprint density at radius 1 is 1.17 bits per heavy atom. The zero-order chi connectivity index (χ0) is 12.4. The van der Waals surface area contributed by atoms with Gasteiger partial charge in [-0.1, -0.05) is 23.8 Å². The molecule has 0 spiro atoms. The molecule has 1 aromatic carbocycles. The molecule has 5 heteroatoms. The zero-order valence-electron chi connectivity index (χ0n) is 10.7. The van der Waals surface area contributed by atoms with Crippen molar-refractivity contribution in [1.29, 1.82) is 0 Å². The van der Waals surface area contributed by atoms with Crippen molar-refractivity contribution in [2.75, 3.05) is 0 Å². The fourth-order valence-electron chi connectivity index (χ4n) is 1.92. The van der Waals surface area contributed by atoms with Crippen molar-refractivity contribution < 1.29 is 0 Å². The predicted octanol–water partition coefficient (Wildman–Crippen LogP) is 2.11. The van der Waals surface area contributed by atoms with Crippen LogP contribution in [0.25, 0.3) is 0 Å². The second-order valence-electron chi connectivity index (χ2n) is 4.60. The van der Waals surface area contributed by atoms with Crippen LogP contribution in [0.5, 0.6) is 0 Å². The predicted molar refractivity (Wildman–Crippen MR) is 78.2 cm³/mol. The van der Waals surface area contributed by atoms with Crippen LogP contribution in [-0.4, -0.2) is 11.7 Å². The minimum absolute atomic E-state index is 0. The van der Waals surface area contributed by atoms with Crippen LogP contribution in [0.15, 0.2) is 28.4 Å². The molecule has 0 saturated heterocycles. The van der Waals surface area contributed by atoms with Crippen LogP contribution in [0, 0.1) is 19.8 Å². The molecule has 98 valence electrons. The van der Waals surface area contributed by atoms with Gasteiger partial charge in [-0.25, -0.2) is 0 Å². The minimum Gasteiger partial charge on any atom is -0.369 e. The highest BCUT2D eigenvalue weighted by Crippen LogP contribution is 2.34. The molecule has 4 nitrogen and oxygen atoms in total. The van der Waals surface area contributed by atoms with E-state index in [4.69, 9.17) is 11.5 Å². The Bertz CT molecular complexity index is 486. The van der Waals surface area contributed by atoms with Gasteiger partial charge in [0.05, 0.1) is 5.71 Å². The Hall–Kier alpha value is -1.55. The number of rotatable bonds is 3. The van der Waals surface area contributed by atoms with Crippen LogP contribution < -0.4 is 11.5 Å². The van der Waals surface area contributed by atoms with E-state index in [1.54, 1.807) is 0 Å². The maximum Gasteiger partial charge on any atom is 0.211 e. The number of hydrogen-bond acceptors (Lipinski definition) is 2. The lowest BCUT2D eigenvalue weighted by atomic mass is 9.99. The van der Waals surface area contributed by atoms with E-state index in [0.717, 1.165) is 11.3 Å². The third-order valence-corrected chi connectivity index (χ3v) is 2.90. The number of halogens is 1. The molecule has 0 amide bonds. The van der Waals surface area contributed by atoms with Gasteiger partial charge >= 0.3 is 0 Å². The monoisotopic (exact) mass is 266 g/mol. The third kappa shape index (κ3) is 3.47. The van der Waals surface area contributed by atoms with Gasteiger partial charge in [-0.3, -0.25) is 0 Å². The quantitative estimate of drug-likeness (QED) is 0.499. The standard InChI is InChI=1S/C13H18N4.ClH/c1-8-3-6-11(9(2)7-8)12(10-4-5-10)16-17-13(14)15;/h3,6-7,10H,4-5H2,1-2H3,(H4,14,15,17);1H/b16-12-;. The molecule has 0 aromatic heterocycles. The van der Waals surface area contributed by atoms with Crippen molar-refractivity contribution in [2.24, 2.45) is 27.6 Å². The molecular weight excluding hydrogens is 248 g/mol. The van der Waals surface area contributed by atoms with E-state index in [0.29, 0.717) is 5.92 Å². The highest BCUT2D eigenvalue weighted by molar-refractivity contribution is 6.04. The molecular formula is C13H19ClN4. The lowest BCUT2D eigenvalue weighted by molar-refractivity contribution is 1.10. The summed E-state index contributed by atoms with van der Waals surface area (Å²) < 4.78 is 0. The van der Waals surface area contributed by atoms with Gasteiger partial charge in [0.2, 0.25) is 5.96 Å². The zero-order valence-corrected chi connectivity index (χ0v) is 11.5. The van der Waals surface area contributed by atoms with Gasteiger partial charge in [-0.15, -0.1) is 17.5 Å². The van der Waals surface area contributed by atoms with Crippen molar-refractivity contribution in [2.45, 2.75) is 26.7 Å². The first-order chi connectivity index (χ1) is 8.08. The fourth-order valence-corrected chi connectivity index (χ4v) is 1.92. The summed E-state index contributed by atoms with van der Waals surface area (Å²) >= 11 is 0. The van der Waals surface area contributed by atoms with E-state index >= 15 is 0 Å². The summed E-state index contributed by atoms with van der Waals surface area (Å²) in [6.45, 7) is 4.18. The highest BCUT2D eigenvalue weighted by Gasteiger charge is 2.29. The molecule has 1 fully saturated rings. The van der Waals surface area contributed by atoms with Gasteiger partial charge < -0.3 is 11.5 Å². The second-order valence-corrected chi connectivity index (χ2v) is 4.60. The number of nitrogens with zero attached hydrogens (tertiary/aromatic N) is 2. The first-order valence-corrected chi connectivity index (χ1v) is 5.82. The Morgan fingerprint density at radius 3 is 2.33 bits per heavy atom. The van der Waals surface area contributed by atoms with Crippen molar-refractivity contribution in [3.8, 4) is 0 Å². The van der Waals surface area contributed by atoms with Gasteiger partial charge in [0.25, 0.3) is 0 Å². The van der Waals surface area contributed by atoms with Gasteiger partial charge in [0, 0.05) is 11.5 Å². The third-order valence-electron chi connectivity index (χ3n) is 2.90. The van der Waals surface area contributed by atoms with Crippen LogP contribution in [0.3, 0.4) is 0 Å². The average molecular weight is 267 g/mol. The van der Waals surface area contributed by atoms with Crippen LogP contribution in [0.2, 0.25) is 0 Å². The molecule has 2 rings (SSSR count). The number of hydrogen-bond donors (Lipinski definition) is 2. The van der Waals surface area contributed by atoms with Crippen LogP contribution in [0.1, 0.15) is 29.5 Å². The molecule has 1 saturated carbocycles. The van der Waals surface area contributed by atoms with Crippen molar-refractivity contribution >= 4 is 24.1 Å². The number of guanidine groups is 1. The van der Waals surface area contributed by atoms with Gasteiger partial charge in [-0.2, -0.15) is 5.10 Å². The topological polar surface area (TPSA) is 76.8 Å². The summed E-state index contributed by atoms with van der Waals surface area (Å²) in [5, 5.41) is 7.99. The van der Waals surface area contributed by atoms with E-state index in [9.17, 15) is 0 Å². The summed E-state index contributed by atoms with van der Waals surface area (Å²) in [5.74, 6) is 0.521. The van der Waals surface area contributed by atoms with E-state index in [2.05, 4.69) is 42.2 Å². The molecule has 4 N–H and O–H groups in total. The lowest BCUT2D eigenvalue weighted by Gasteiger charge is -2.08. The van der Waals surface area contributed by atoms with Crippen molar-refractivity contribution in [1.82, 2.24) is 0 Å². The Kier molecular flexibility index (Phi) is 4.73. The summed E-state index contributed by atoms with van der Waals surface area (Å²) in [6, 6.07) is 6.35. The van der Waals surface area contributed by atoms with Crippen LogP contribution in [-0.2, 0) is 0 Å². The van der Waals surface area contributed by atoms with Crippen molar-refractivity contribution in [3.05, 3.63) is 34.9 Å². The maximum absolute atomic E-state index is 5.32. The van der Waals surface area contributed by atoms with E-state index in [1.165, 1.54) is 24.0 Å². The Balaban J connectivity index is 0.00000162. The summed E-state index contributed by atoms with van der Waals surface area (Å²) in [5.41, 5.74) is 15.3. The average Bonchev–Trinajstić information content (AvgIpc) is 3.04. The molecule has 18 heavy (non-hydrogen) atoms. The van der Waals surface area contributed by atoms with E-state index in [1.807, 2.05) is 0 Å². The van der Waals surface area contributed by atoms with Crippen LogP contribution in [0.4, 0.5) is 0 Å². The normalized spacial score (nSPS) is 14.9. The Morgan fingerprint density at radius 2 is 1.83 bits per heavy atom. The van der Waals surface area contributed by atoms with Crippen molar-refractivity contribution in [3.63, 3.8) is 0 Å². The largest absolute Gasteiger partial charge is 0.369 e. The number of benzene rings is 1. The first kappa shape index (κ1) is 14.5. The number of aryl methyl sites for hydroxylation is 2. The fraction of sp³-hybridized carbons (Fsp3) is 0.385. The molecule has 0 radical (unpaired) electrons. The molecule has 0 heterocycles. The Labute approximate surface area is 114 Å². The molecule has 1 aliphatic carbocycles. The summed E-state index contributed by atoms with van der Waals surface area (Å²) in [4.78, 5) is 0. The molecule has 0 atom stereocenters. The first-order valence-electron chi connectivity index (χ1n) is 5.82. The van der Waals surface area contributed by atoms with Gasteiger partial charge in [0.15, 0.2) is 0 Å². The highest BCUT2D eigenvalue weighted by atomic mass is 35.5. The smallest absolute Gasteiger partial charge is 0.211 e. The molecule has 1 aliphatic rings. The van der Waals surface area contributed by atoms with Gasteiger partial charge in [-0.05, 0) is 32.3 Å². The summed E-state index contributed by atoms with van der Waals surface area (Å²) in [7, 11) is 0. The lowest BCUT2D eigenvalue weighted by Crippen LogP contribution is -2.22. The summed E-state index contributed by atoms with van der Waals surface area (Å²) in [6.07, 6.45) is 2.35. The molecule has 0 bridgehead atoms. The second kappa shape index (κ2) is 5.87. The van der Waals surface area contributed by atoms with E-state index < -0.39 is 0 Å². The molecule has 0 aliphatic heterocycles. The molecule has 0 unspecified atom stereocenters. The SMILES string of the molecule is Cc1ccc(/C(=N\N=C(N)N)C2CC2)c(C)c1.Cl. The number of nitrogens with two attached hydrogens (primary N) is 2. The molecule has 1 aromatic rings. The maximum atomic E-state index is 5.32. The van der Waals surface area contributed by atoms with Crippen LogP contribution >= 0.6 is 12.4 Å². The minimum atomic E-state index is 0.